The zero-order valence-corrected chi connectivity index (χ0v) is 19.4. The van der Waals surface area contributed by atoms with Crippen LogP contribution in [0.25, 0.3) is 0 Å². The number of nitro groups is 1. The van der Waals surface area contributed by atoms with E-state index in [1.807, 2.05) is 0 Å². The molecule has 0 saturated carbocycles. The van der Waals surface area contributed by atoms with Crippen molar-refractivity contribution in [2.75, 3.05) is 31.6 Å². The fraction of sp³-hybridized carbons (Fsp3) is 0.409. The minimum Gasteiger partial charge on any atom is -0.492 e. The van der Waals surface area contributed by atoms with Gasteiger partial charge in [-0.2, -0.15) is 4.31 Å². The number of hydrogen-bond donors (Lipinski definition) is 1. The number of rotatable bonds is 9. The highest BCUT2D eigenvalue weighted by atomic mass is 32.2. The number of carbonyl (C=O) groups excluding carboxylic acids is 1. The molecule has 0 aromatic heterocycles. The summed E-state index contributed by atoms with van der Waals surface area (Å²) in [6.45, 7) is 4.84. The predicted molar refractivity (Wildman–Crippen MR) is 122 cm³/mol. The second-order valence-electron chi connectivity index (χ2n) is 7.39. The van der Waals surface area contributed by atoms with Crippen molar-refractivity contribution in [3.63, 3.8) is 0 Å². The highest BCUT2D eigenvalue weighted by Gasteiger charge is 2.29. The molecular formula is C22H27N3O7S. The number of sulfonamides is 1. The SMILES string of the molecule is CCOc1ccc(C(=O)Nc2ccc(OCC)c(S(=O)(=O)N3CCCCC3)c2)cc1[N+](=O)[O-]. The van der Waals surface area contributed by atoms with Crippen LogP contribution in [0.5, 0.6) is 11.5 Å². The monoisotopic (exact) mass is 477 g/mol. The van der Waals surface area contributed by atoms with Gasteiger partial charge in [-0.25, -0.2) is 8.42 Å². The first-order valence-electron chi connectivity index (χ1n) is 10.8. The Bertz CT molecular complexity index is 1130. The van der Waals surface area contributed by atoms with Crippen molar-refractivity contribution in [1.82, 2.24) is 4.31 Å². The summed E-state index contributed by atoms with van der Waals surface area (Å²) in [7, 11) is -3.82. The lowest BCUT2D eigenvalue weighted by Gasteiger charge is -2.27. The smallest absolute Gasteiger partial charge is 0.311 e. The summed E-state index contributed by atoms with van der Waals surface area (Å²) in [5.74, 6) is -0.348. The second-order valence-corrected chi connectivity index (χ2v) is 9.29. The van der Waals surface area contributed by atoms with E-state index in [9.17, 15) is 23.3 Å². The van der Waals surface area contributed by atoms with Gasteiger partial charge in [-0.15, -0.1) is 0 Å². The van der Waals surface area contributed by atoms with E-state index in [-0.39, 0.29) is 46.5 Å². The lowest BCUT2D eigenvalue weighted by atomic mass is 10.1. The van der Waals surface area contributed by atoms with Crippen LogP contribution in [0.3, 0.4) is 0 Å². The second kappa shape index (κ2) is 10.6. The lowest BCUT2D eigenvalue weighted by molar-refractivity contribution is -0.385. The fourth-order valence-corrected chi connectivity index (χ4v) is 5.26. The molecule has 1 amide bonds. The molecule has 10 nitrogen and oxygen atoms in total. The molecule has 178 valence electrons. The minimum absolute atomic E-state index is 0.0262. The molecule has 2 aromatic carbocycles. The van der Waals surface area contributed by atoms with Crippen LogP contribution in [0.1, 0.15) is 43.5 Å². The average molecular weight is 478 g/mol. The van der Waals surface area contributed by atoms with Gasteiger partial charge in [0.1, 0.15) is 10.6 Å². The first-order chi connectivity index (χ1) is 15.8. The summed E-state index contributed by atoms with van der Waals surface area (Å²) in [5, 5.41) is 14.0. The Kier molecular flexibility index (Phi) is 7.88. The average Bonchev–Trinajstić information content (AvgIpc) is 2.81. The standard InChI is InChI=1S/C22H27N3O7S/c1-3-31-19-10-8-16(14-18(19)25(27)28)22(26)23-17-9-11-20(32-4-2)21(15-17)33(29,30)24-12-6-5-7-13-24/h8-11,14-15H,3-7,12-13H2,1-2H3,(H,23,26). The topological polar surface area (TPSA) is 128 Å². The number of nitrogens with one attached hydrogen (secondary N) is 1. The maximum absolute atomic E-state index is 13.3. The van der Waals surface area contributed by atoms with E-state index in [1.165, 1.54) is 34.6 Å². The van der Waals surface area contributed by atoms with Gasteiger partial charge in [0.15, 0.2) is 5.75 Å². The van der Waals surface area contributed by atoms with Gasteiger partial charge < -0.3 is 14.8 Å². The van der Waals surface area contributed by atoms with E-state index in [2.05, 4.69) is 5.32 Å². The maximum atomic E-state index is 13.3. The Balaban J connectivity index is 1.91. The number of benzene rings is 2. The van der Waals surface area contributed by atoms with Gasteiger partial charge in [-0.1, -0.05) is 6.42 Å². The van der Waals surface area contributed by atoms with Gasteiger partial charge in [-0.05, 0) is 57.0 Å². The third-order valence-corrected chi connectivity index (χ3v) is 7.07. The summed E-state index contributed by atoms with van der Waals surface area (Å²) < 4.78 is 38.7. The zero-order chi connectivity index (χ0) is 24.0. The van der Waals surface area contributed by atoms with E-state index in [4.69, 9.17) is 9.47 Å². The molecule has 11 heteroatoms. The fourth-order valence-electron chi connectivity index (χ4n) is 3.59. The van der Waals surface area contributed by atoms with Gasteiger partial charge in [0, 0.05) is 30.4 Å². The Labute approximate surface area is 192 Å². The number of nitro benzene ring substituents is 1. The number of piperidine rings is 1. The quantitative estimate of drug-likeness (QED) is 0.429. The molecule has 1 heterocycles. The molecule has 0 aliphatic carbocycles. The van der Waals surface area contributed by atoms with Crippen molar-refractivity contribution >= 4 is 27.3 Å². The Morgan fingerprint density at radius 3 is 2.30 bits per heavy atom. The lowest BCUT2D eigenvalue weighted by Crippen LogP contribution is -2.35. The van der Waals surface area contributed by atoms with Gasteiger partial charge in [0.25, 0.3) is 5.91 Å². The van der Waals surface area contributed by atoms with Crippen molar-refractivity contribution in [2.24, 2.45) is 0 Å². The van der Waals surface area contributed by atoms with Crippen molar-refractivity contribution in [3.05, 3.63) is 52.1 Å². The van der Waals surface area contributed by atoms with Crippen LogP contribution in [-0.2, 0) is 10.0 Å². The van der Waals surface area contributed by atoms with Crippen LogP contribution < -0.4 is 14.8 Å². The van der Waals surface area contributed by atoms with E-state index >= 15 is 0 Å². The number of amides is 1. The van der Waals surface area contributed by atoms with E-state index in [0.29, 0.717) is 13.1 Å². The number of nitrogens with zero attached hydrogens (tertiary/aromatic N) is 2. The molecule has 1 N–H and O–H groups in total. The van der Waals surface area contributed by atoms with Gasteiger partial charge >= 0.3 is 5.69 Å². The van der Waals surface area contributed by atoms with Gasteiger partial charge in [0.05, 0.1) is 18.1 Å². The van der Waals surface area contributed by atoms with Crippen LogP contribution in [0.15, 0.2) is 41.3 Å². The summed E-state index contributed by atoms with van der Waals surface area (Å²) in [6, 6.07) is 8.28. The summed E-state index contributed by atoms with van der Waals surface area (Å²) in [4.78, 5) is 23.5. The van der Waals surface area contributed by atoms with Crippen LogP contribution in [-0.4, -0.2) is 49.9 Å². The summed E-state index contributed by atoms with van der Waals surface area (Å²) in [5.41, 5.74) is -0.0559. The predicted octanol–water partition coefficient (Wildman–Crippen LogP) is 3.82. The summed E-state index contributed by atoms with van der Waals surface area (Å²) in [6.07, 6.45) is 2.56. The summed E-state index contributed by atoms with van der Waals surface area (Å²) >= 11 is 0. The Morgan fingerprint density at radius 1 is 1.03 bits per heavy atom. The molecule has 1 saturated heterocycles. The molecule has 1 aliphatic heterocycles. The van der Waals surface area contributed by atoms with Crippen LogP contribution in [0.2, 0.25) is 0 Å². The van der Waals surface area contributed by atoms with Crippen molar-refractivity contribution in [3.8, 4) is 11.5 Å². The molecule has 1 aliphatic rings. The highest BCUT2D eigenvalue weighted by molar-refractivity contribution is 7.89. The normalized spacial score (nSPS) is 14.5. The Hall–Kier alpha value is -3.18. The molecule has 0 bridgehead atoms. The number of carbonyl (C=O) groups is 1. The van der Waals surface area contributed by atoms with Crippen LogP contribution >= 0.6 is 0 Å². The van der Waals surface area contributed by atoms with Crippen molar-refractivity contribution in [1.29, 1.82) is 0 Å². The first kappa shape index (κ1) is 24.5. The maximum Gasteiger partial charge on any atom is 0.311 e. The third-order valence-electron chi connectivity index (χ3n) is 5.15. The Morgan fingerprint density at radius 2 is 1.67 bits per heavy atom. The van der Waals surface area contributed by atoms with E-state index < -0.39 is 20.9 Å². The van der Waals surface area contributed by atoms with Crippen LogP contribution in [0, 0.1) is 10.1 Å². The van der Waals surface area contributed by atoms with E-state index in [1.54, 1.807) is 13.8 Å². The van der Waals surface area contributed by atoms with Crippen molar-refractivity contribution < 1.29 is 27.6 Å². The molecule has 2 aromatic rings. The van der Waals surface area contributed by atoms with Crippen molar-refractivity contribution in [2.45, 2.75) is 38.0 Å². The molecule has 1 fully saturated rings. The van der Waals surface area contributed by atoms with Gasteiger partial charge in [0.2, 0.25) is 10.0 Å². The number of ether oxygens (including phenoxy) is 2. The zero-order valence-electron chi connectivity index (χ0n) is 18.6. The number of anilines is 1. The largest absolute Gasteiger partial charge is 0.492 e. The molecular weight excluding hydrogens is 450 g/mol. The molecule has 0 spiro atoms. The van der Waals surface area contributed by atoms with Crippen LogP contribution in [0.4, 0.5) is 11.4 Å². The molecule has 0 atom stereocenters. The van der Waals surface area contributed by atoms with E-state index in [0.717, 1.165) is 25.3 Å². The third kappa shape index (κ3) is 5.60. The molecule has 0 unspecified atom stereocenters. The molecule has 0 radical (unpaired) electrons. The molecule has 3 rings (SSSR count). The molecule has 33 heavy (non-hydrogen) atoms. The first-order valence-corrected chi connectivity index (χ1v) is 12.2. The number of hydrogen-bond acceptors (Lipinski definition) is 7. The highest BCUT2D eigenvalue weighted by Crippen LogP contribution is 2.32. The minimum atomic E-state index is -3.82. The van der Waals surface area contributed by atoms with Gasteiger partial charge in [-0.3, -0.25) is 14.9 Å².